The van der Waals surface area contributed by atoms with Gasteiger partial charge >= 0.3 is 0 Å². The quantitative estimate of drug-likeness (QED) is 0.788. The highest BCUT2D eigenvalue weighted by Crippen LogP contribution is 2.23. The summed E-state index contributed by atoms with van der Waals surface area (Å²) >= 11 is 5.74. The van der Waals surface area contributed by atoms with Gasteiger partial charge in [0.2, 0.25) is 11.8 Å². The highest BCUT2D eigenvalue weighted by atomic mass is 35.5. The lowest BCUT2D eigenvalue weighted by Crippen LogP contribution is -2.49. The number of rotatable bonds is 5. The third kappa shape index (κ3) is 5.09. The number of carbonyl (C=O) groups is 2. The predicted octanol–water partition coefficient (Wildman–Crippen LogP) is 4.16. The molecule has 1 aliphatic rings. The maximum atomic E-state index is 13.9. The molecule has 0 unspecified atom stereocenters. The molecular weight excluding hydrogens is 381 g/mol. The first-order chi connectivity index (χ1) is 13.4. The van der Waals surface area contributed by atoms with Crippen LogP contribution in [-0.4, -0.2) is 35.8 Å². The van der Waals surface area contributed by atoms with E-state index in [-0.39, 0.29) is 28.4 Å². The molecule has 1 aliphatic heterocycles. The maximum absolute atomic E-state index is 13.9. The van der Waals surface area contributed by atoms with Crippen molar-refractivity contribution in [1.29, 1.82) is 0 Å². The van der Waals surface area contributed by atoms with Crippen molar-refractivity contribution in [3.05, 3.63) is 59.4 Å². The summed E-state index contributed by atoms with van der Waals surface area (Å²) in [4.78, 5) is 27.1. The van der Waals surface area contributed by atoms with Crippen LogP contribution >= 0.6 is 11.6 Å². The first-order valence-corrected chi connectivity index (χ1v) is 9.67. The van der Waals surface area contributed by atoms with Gasteiger partial charge in [0.05, 0.1) is 17.6 Å². The van der Waals surface area contributed by atoms with Crippen LogP contribution in [0.4, 0.5) is 15.8 Å². The van der Waals surface area contributed by atoms with Crippen molar-refractivity contribution in [2.45, 2.75) is 25.8 Å². The molecule has 1 saturated heterocycles. The normalized spacial score (nSPS) is 18.3. The van der Waals surface area contributed by atoms with E-state index in [1.54, 1.807) is 6.92 Å². The van der Waals surface area contributed by atoms with Crippen LogP contribution in [0.25, 0.3) is 0 Å². The third-order valence-electron chi connectivity index (χ3n) is 4.98. The minimum Gasteiger partial charge on any atom is -0.326 e. The minimum absolute atomic E-state index is 0.0488. The molecule has 0 bridgehead atoms. The van der Waals surface area contributed by atoms with E-state index in [9.17, 15) is 14.0 Å². The standard InChI is InChI=1S/C21H23ClFN3O2/c1-14(20(27)25-19-10-9-16(22)12-18(19)23)26-11-5-6-15(13-26)21(28)24-17-7-3-2-4-8-17/h2-4,7-10,12,14-15H,5-6,11,13H2,1H3,(H,24,28)(H,25,27)/t14-,15-/m0/s1. The van der Waals surface area contributed by atoms with Crippen molar-refractivity contribution in [3.8, 4) is 0 Å². The number of anilines is 2. The van der Waals surface area contributed by atoms with Crippen molar-refractivity contribution in [2.75, 3.05) is 23.7 Å². The van der Waals surface area contributed by atoms with Crippen molar-refractivity contribution >= 4 is 34.8 Å². The maximum Gasteiger partial charge on any atom is 0.241 e. The molecule has 2 aromatic carbocycles. The fraction of sp³-hybridized carbons (Fsp3) is 0.333. The number of hydrogen-bond acceptors (Lipinski definition) is 3. The minimum atomic E-state index is -0.577. The predicted molar refractivity (Wildman–Crippen MR) is 109 cm³/mol. The summed E-state index contributed by atoms with van der Waals surface area (Å²) in [5.41, 5.74) is 0.852. The molecule has 0 radical (unpaired) electrons. The van der Waals surface area contributed by atoms with E-state index in [0.29, 0.717) is 13.1 Å². The Morgan fingerprint density at radius 1 is 1.18 bits per heavy atom. The SMILES string of the molecule is C[C@@H](C(=O)Nc1ccc(Cl)cc1F)N1CCC[C@H](C(=O)Nc2ccccc2)C1. The van der Waals surface area contributed by atoms with Gasteiger partial charge in [-0.05, 0) is 56.6 Å². The average Bonchev–Trinajstić information content (AvgIpc) is 2.70. The number of carbonyl (C=O) groups excluding carboxylic acids is 2. The van der Waals surface area contributed by atoms with Gasteiger partial charge in [0, 0.05) is 17.3 Å². The third-order valence-corrected chi connectivity index (χ3v) is 5.22. The van der Waals surface area contributed by atoms with E-state index >= 15 is 0 Å². The zero-order chi connectivity index (χ0) is 20.1. The molecule has 1 fully saturated rings. The Morgan fingerprint density at radius 2 is 1.93 bits per heavy atom. The lowest BCUT2D eigenvalue weighted by molar-refractivity contribution is -0.125. The highest BCUT2D eigenvalue weighted by Gasteiger charge is 2.31. The summed E-state index contributed by atoms with van der Waals surface area (Å²) in [6.45, 7) is 2.96. The zero-order valence-corrected chi connectivity index (χ0v) is 16.4. The van der Waals surface area contributed by atoms with Crippen molar-refractivity contribution < 1.29 is 14.0 Å². The largest absolute Gasteiger partial charge is 0.326 e. The number of nitrogens with one attached hydrogen (secondary N) is 2. The molecule has 7 heteroatoms. The molecule has 2 N–H and O–H groups in total. The number of piperidine rings is 1. The molecule has 28 heavy (non-hydrogen) atoms. The highest BCUT2D eigenvalue weighted by molar-refractivity contribution is 6.30. The summed E-state index contributed by atoms with van der Waals surface area (Å²) in [5, 5.41) is 5.80. The molecule has 5 nitrogen and oxygen atoms in total. The van der Waals surface area contributed by atoms with E-state index in [2.05, 4.69) is 10.6 Å². The molecule has 148 valence electrons. The summed E-state index contributed by atoms with van der Waals surface area (Å²) in [6, 6.07) is 12.9. The Bertz CT molecular complexity index is 847. The Labute approximate surface area is 168 Å². The van der Waals surface area contributed by atoms with Gasteiger partial charge in [0.15, 0.2) is 0 Å². The van der Waals surface area contributed by atoms with Crippen LogP contribution in [-0.2, 0) is 9.59 Å². The molecule has 0 aromatic heterocycles. The molecule has 0 aliphatic carbocycles. The summed E-state index contributed by atoms with van der Waals surface area (Å²) in [7, 11) is 0. The average molecular weight is 404 g/mol. The second kappa shape index (κ2) is 9.17. The molecule has 2 atom stereocenters. The van der Waals surface area contributed by atoms with Crippen LogP contribution in [0.3, 0.4) is 0 Å². The Balaban J connectivity index is 1.59. The monoisotopic (exact) mass is 403 g/mol. The molecule has 2 amide bonds. The van der Waals surface area contributed by atoms with Gasteiger partial charge in [-0.3, -0.25) is 14.5 Å². The molecule has 1 heterocycles. The van der Waals surface area contributed by atoms with E-state index in [1.165, 1.54) is 12.1 Å². The number of hydrogen-bond donors (Lipinski definition) is 2. The first kappa shape index (κ1) is 20.3. The smallest absolute Gasteiger partial charge is 0.241 e. The second-order valence-corrected chi connectivity index (χ2v) is 7.42. The van der Waals surface area contributed by atoms with Crippen LogP contribution in [0.5, 0.6) is 0 Å². The molecule has 0 spiro atoms. The summed E-state index contributed by atoms with van der Waals surface area (Å²) in [6.07, 6.45) is 1.59. The van der Waals surface area contributed by atoms with E-state index < -0.39 is 11.9 Å². The van der Waals surface area contributed by atoms with Crippen LogP contribution in [0.1, 0.15) is 19.8 Å². The summed E-state index contributed by atoms with van der Waals surface area (Å²) < 4.78 is 13.9. The molecule has 3 rings (SSSR count). The van der Waals surface area contributed by atoms with Gasteiger partial charge in [0.1, 0.15) is 5.82 Å². The van der Waals surface area contributed by atoms with Crippen molar-refractivity contribution in [3.63, 3.8) is 0 Å². The van der Waals surface area contributed by atoms with Gasteiger partial charge in [-0.15, -0.1) is 0 Å². The topological polar surface area (TPSA) is 61.4 Å². The fourth-order valence-corrected chi connectivity index (χ4v) is 3.49. The van der Waals surface area contributed by atoms with Crippen molar-refractivity contribution in [2.24, 2.45) is 5.92 Å². The Hall–Kier alpha value is -2.44. The lowest BCUT2D eigenvalue weighted by Gasteiger charge is -2.35. The van der Waals surface area contributed by atoms with E-state index in [0.717, 1.165) is 24.6 Å². The molecular formula is C21H23ClFN3O2. The number of halogens is 2. The summed E-state index contributed by atoms with van der Waals surface area (Å²) in [5.74, 6) is -1.14. The number of para-hydroxylation sites is 1. The number of nitrogens with zero attached hydrogens (tertiary/aromatic N) is 1. The lowest BCUT2D eigenvalue weighted by atomic mass is 9.95. The van der Waals surface area contributed by atoms with Gasteiger partial charge in [-0.2, -0.15) is 0 Å². The van der Waals surface area contributed by atoms with Crippen molar-refractivity contribution in [1.82, 2.24) is 4.90 Å². The van der Waals surface area contributed by atoms with Crippen LogP contribution in [0, 0.1) is 11.7 Å². The van der Waals surface area contributed by atoms with Gasteiger partial charge in [0.25, 0.3) is 0 Å². The van der Waals surface area contributed by atoms with Crippen LogP contribution in [0.2, 0.25) is 5.02 Å². The van der Waals surface area contributed by atoms with Gasteiger partial charge < -0.3 is 10.6 Å². The van der Waals surface area contributed by atoms with Gasteiger partial charge in [-0.25, -0.2) is 4.39 Å². The van der Waals surface area contributed by atoms with Crippen LogP contribution < -0.4 is 10.6 Å². The van der Waals surface area contributed by atoms with E-state index in [1.807, 2.05) is 35.2 Å². The number of benzene rings is 2. The molecule has 0 saturated carbocycles. The second-order valence-electron chi connectivity index (χ2n) is 6.98. The fourth-order valence-electron chi connectivity index (χ4n) is 3.33. The Morgan fingerprint density at radius 3 is 2.64 bits per heavy atom. The molecule has 2 aromatic rings. The van der Waals surface area contributed by atoms with E-state index in [4.69, 9.17) is 11.6 Å². The number of likely N-dealkylation sites (tertiary alicyclic amines) is 1. The van der Waals surface area contributed by atoms with Crippen LogP contribution in [0.15, 0.2) is 48.5 Å². The number of amides is 2. The first-order valence-electron chi connectivity index (χ1n) is 9.30. The zero-order valence-electron chi connectivity index (χ0n) is 15.6. The van der Waals surface area contributed by atoms with Gasteiger partial charge in [-0.1, -0.05) is 29.8 Å². The Kier molecular flexibility index (Phi) is 6.65.